The van der Waals surface area contributed by atoms with Gasteiger partial charge in [-0.05, 0) is 55.2 Å². The van der Waals surface area contributed by atoms with Crippen LogP contribution in [0, 0.1) is 17.7 Å². The molecule has 2 aliphatic carbocycles. The van der Waals surface area contributed by atoms with Crippen LogP contribution in [0.3, 0.4) is 0 Å². The van der Waals surface area contributed by atoms with Crippen LogP contribution < -0.4 is 5.32 Å². The maximum absolute atomic E-state index is 13.0. The molecule has 1 N–H and O–H groups in total. The van der Waals surface area contributed by atoms with Gasteiger partial charge in [-0.25, -0.2) is 4.39 Å². The molecular weight excluding hydrogens is 251 g/mol. The first-order chi connectivity index (χ1) is 9.79. The van der Waals surface area contributed by atoms with Gasteiger partial charge in [0, 0.05) is 31.7 Å². The summed E-state index contributed by atoms with van der Waals surface area (Å²) in [7, 11) is 0. The van der Waals surface area contributed by atoms with Crippen molar-refractivity contribution >= 4 is 0 Å². The van der Waals surface area contributed by atoms with Gasteiger partial charge in [0.05, 0.1) is 0 Å². The maximum Gasteiger partial charge on any atom is 0.123 e. The molecule has 1 heterocycles. The number of nitrogens with zero attached hydrogens (tertiary/aromatic N) is 1. The first-order valence-corrected chi connectivity index (χ1v) is 8.01. The van der Waals surface area contributed by atoms with Crippen molar-refractivity contribution in [2.45, 2.75) is 44.3 Å². The van der Waals surface area contributed by atoms with Crippen molar-refractivity contribution in [3.63, 3.8) is 0 Å². The van der Waals surface area contributed by atoms with Crippen LogP contribution in [0.25, 0.3) is 0 Å². The van der Waals surface area contributed by atoms with Crippen LogP contribution >= 0.6 is 0 Å². The zero-order valence-corrected chi connectivity index (χ0v) is 11.9. The fraction of sp³-hybridized carbons (Fsp3) is 0.647. The van der Waals surface area contributed by atoms with Gasteiger partial charge in [0.25, 0.3) is 0 Å². The summed E-state index contributed by atoms with van der Waals surface area (Å²) in [6.07, 6.45) is 5.58. The number of piperazine rings is 1. The highest BCUT2D eigenvalue weighted by atomic mass is 19.1. The Labute approximate surface area is 120 Å². The lowest BCUT2D eigenvalue weighted by atomic mass is 10.0. The molecule has 3 aliphatic rings. The zero-order valence-electron chi connectivity index (χ0n) is 11.9. The van der Waals surface area contributed by atoms with Crippen LogP contribution in [-0.2, 0) is 6.54 Å². The molecule has 0 aromatic heterocycles. The van der Waals surface area contributed by atoms with Gasteiger partial charge >= 0.3 is 0 Å². The fourth-order valence-electron chi connectivity index (χ4n) is 3.62. The molecule has 0 radical (unpaired) electrons. The average molecular weight is 274 g/mol. The standard InChI is InChI=1S/C17H23FN2/c18-15-7-1-12(2-8-15)10-20-11-16(13-3-4-13)19-9-17(20)14-5-6-14/h1-2,7-8,13-14,16-17,19H,3-6,9-11H2. The smallest absolute Gasteiger partial charge is 0.123 e. The Kier molecular flexibility index (Phi) is 3.27. The second kappa shape index (κ2) is 5.12. The molecule has 1 aromatic carbocycles. The highest BCUT2D eigenvalue weighted by Gasteiger charge is 2.42. The number of rotatable bonds is 4. The van der Waals surface area contributed by atoms with E-state index in [0.29, 0.717) is 12.1 Å². The highest BCUT2D eigenvalue weighted by Crippen LogP contribution is 2.40. The maximum atomic E-state index is 13.0. The predicted octanol–water partition coefficient (Wildman–Crippen LogP) is 2.79. The highest BCUT2D eigenvalue weighted by molar-refractivity contribution is 5.16. The summed E-state index contributed by atoms with van der Waals surface area (Å²) in [6.45, 7) is 3.29. The van der Waals surface area contributed by atoms with Crippen LogP contribution in [0.1, 0.15) is 31.2 Å². The molecule has 2 nitrogen and oxygen atoms in total. The van der Waals surface area contributed by atoms with Crippen molar-refractivity contribution in [1.82, 2.24) is 10.2 Å². The van der Waals surface area contributed by atoms with Crippen molar-refractivity contribution in [2.24, 2.45) is 11.8 Å². The lowest BCUT2D eigenvalue weighted by molar-refractivity contribution is 0.100. The molecular formula is C17H23FN2. The number of nitrogens with one attached hydrogen (secondary N) is 1. The van der Waals surface area contributed by atoms with E-state index in [2.05, 4.69) is 10.2 Å². The van der Waals surface area contributed by atoms with Gasteiger partial charge in [-0.1, -0.05) is 12.1 Å². The van der Waals surface area contributed by atoms with Crippen LogP contribution in [0.5, 0.6) is 0 Å². The molecule has 2 atom stereocenters. The Morgan fingerprint density at radius 1 is 1.05 bits per heavy atom. The molecule has 3 fully saturated rings. The van der Waals surface area contributed by atoms with Crippen molar-refractivity contribution in [2.75, 3.05) is 13.1 Å². The van der Waals surface area contributed by atoms with E-state index in [1.165, 1.54) is 37.8 Å². The third-order valence-corrected chi connectivity index (χ3v) is 5.15. The predicted molar refractivity (Wildman–Crippen MR) is 77.8 cm³/mol. The second-order valence-electron chi connectivity index (χ2n) is 6.81. The molecule has 1 aliphatic heterocycles. The minimum atomic E-state index is -0.135. The number of hydrogen-bond acceptors (Lipinski definition) is 2. The molecule has 2 saturated carbocycles. The van der Waals surface area contributed by atoms with Crippen molar-refractivity contribution in [1.29, 1.82) is 0 Å². The largest absolute Gasteiger partial charge is 0.311 e. The van der Waals surface area contributed by atoms with E-state index in [0.717, 1.165) is 24.9 Å². The van der Waals surface area contributed by atoms with Crippen molar-refractivity contribution in [3.05, 3.63) is 35.6 Å². The van der Waals surface area contributed by atoms with E-state index in [-0.39, 0.29) is 5.82 Å². The normalized spacial score (nSPS) is 31.4. The zero-order chi connectivity index (χ0) is 13.5. The van der Waals surface area contributed by atoms with Crippen LogP contribution in [0.15, 0.2) is 24.3 Å². The molecule has 1 aromatic rings. The van der Waals surface area contributed by atoms with Gasteiger partial charge in [-0.15, -0.1) is 0 Å². The SMILES string of the molecule is Fc1ccc(CN2CC(C3CC3)NCC2C2CC2)cc1. The Morgan fingerprint density at radius 3 is 2.40 bits per heavy atom. The lowest BCUT2D eigenvalue weighted by Gasteiger charge is -2.41. The minimum absolute atomic E-state index is 0.135. The summed E-state index contributed by atoms with van der Waals surface area (Å²) >= 11 is 0. The molecule has 0 bridgehead atoms. The van der Waals surface area contributed by atoms with Gasteiger partial charge in [-0.2, -0.15) is 0 Å². The minimum Gasteiger partial charge on any atom is -0.311 e. The fourth-order valence-corrected chi connectivity index (χ4v) is 3.62. The topological polar surface area (TPSA) is 15.3 Å². The van der Waals surface area contributed by atoms with Gasteiger partial charge in [0.1, 0.15) is 5.82 Å². The van der Waals surface area contributed by atoms with E-state index in [4.69, 9.17) is 0 Å². The Bertz CT molecular complexity index is 464. The van der Waals surface area contributed by atoms with Gasteiger partial charge in [-0.3, -0.25) is 4.90 Å². The van der Waals surface area contributed by atoms with E-state index >= 15 is 0 Å². The summed E-state index contributed by atoms with van der Waals surface area (Å²) in [5.41, 5.74) is 1.24. The first-order valence-electron chi connectivity index (χ1n) is 8.01. The second-order valence-corrected chi connectivity index (χ2v) is 6.81. The molecule has 2 unspecified atom stereocenters. The molecule has 20 heavy (non-hydrogen) atoms. The molecule has 0 amide bonds. The molecule has 4 rings (SSSR count). The van der Waals surface area contributed by atoms with Gasteiger partial charge in [0.2, 0.25) is 0 Å². The molecule has 108 valence electrons. The first kappa shape index (κ1) is 12.8. The molecule has 0 spiro atoms. The summed E-state index contributed by atoms with van der Waals surface area (Å²) in [6, 6.07) is 8.42. The van der Waals surface area contributed by atoms with E-state index in [9.17, 15) is 4.39 Å². The monoisotopic (exact) mass is 274 g/mol. The quantitative estimate of drug-likeness (QED) is 0.908. The summed E-state index contributed by atoms with van der Waals surface area (Å²) in [5, 5.41) is 3.78. The Morgan fingerprint density at radius 2 is 1.75 bits per heavy atom. The van der Waals surface area contributed by atoms with E-state index in [1.807, 2.05) is 12.1 Å². The van der Waals surface area contributed by atoms with Crippen LogP contribution in [-0.4, -0.2) is 30.1 Å². The van der Waals surface area contributed by atoms with Crippen molar-refractivity contribution < 1.29 is 4.39 Å². The summed E-state index contributed by atoms with van der Waals surface area (Å²) in [4.78, 5) is 2.66. The number of hydrogen-bond donors (Lipinski definition) is 1. The van der Waals surface area contributed by atoms with Gasteiger partial charge in [0.15, 0.2) is 0 Å². The van der Waals surface area contributed by atoms with Crippen molar-refractivity contribution in [3.8, 4) is 0 Å². The summed E-state index contributed by atoms with van der Waals surface area (Å²) in [5.74, 6) is 1.66. The van der Waals surface area contributed by atoms with Crippen LogP contribution in [0.4, 0.5) is 4.39 Å². The third-order valence-electron chi connectivity index (χ3n) is 5.15. The van der Waals surface area contributed by atoms with E-state index < -0.39 is 0 Å². The summed E-state index contributed by atoms with van der Waals surface area (Å²) < 4.78 is 13.0. The number of benzene rings is 1. The third kappa shape index (κ3) is 2.75. The van der Waals surface area contributed by atoms with Gasteiger partial charge < -0.3 is 5.32 Å². The molecule has 3 heteroatoms. The van der Waals surface area contributed by atoms with E-state index in [1.54, 1.807) is 12.1 Å². The molecule has 1 saturated heterocycles. The Balaban J connectivity index is 1.47. The average Bonchev–Trinajstić information content (AvgIpc) is 3.33. The lowest BCUT2D eigenvalue weighted by Crippen LogP contribution is -2.57. The Hall–Kier alpha value is -0.930. The van der Waals surface area contributed by atoms with Crippen LogP contribution in [0.2, 0.25) is 0 Å². The number of halogens is 1.